The summed E-state index contributed by atoms with van der Waals surface area (Å²) in [4.78, 5) is 2.15. The summed E-state index contributed by atoms with van der Waals surface area (Å²) in [6, 6.07) is 8.44. The van der Waals surface area contributed by atoms with Crippen molar-refractivity contribution >= 4 is 0 Å². The lowest BCUT2D eigenvalue weighted by Crippen LogP contribution is -2.63. The summed E-state index contributed by atoms with van der Waals surface area (Å²) in [5.41, 5.74) is 0.397. The Hall–Kier alpha value is -0.900. The van der Waals surface area contributed by atoms with E-state index in [9.17, 15) is 10.2 Å². The third-order valence-electron chi connectivity index (χ3n) is 4.76. The van der Waals surface area contributed by atoms with Crippen LogP contribution in [0.15, 0.2) is 24.3 Å². The molecule has 1 heterocycles. The summed E-state index contributed by atoms with van der Waals surface area (Å²) >= 11 is 0. The molecule has 0 radical (unpaired) electrons. The van der Waals surface area contributed by atoms with Gasteiger partial charge in [-0.25, -0.2) is 0 Å². The van der Waals surface area contributed by atoms with E-state index >= 15 is 0 Å². The van der Waals surface area contributed by atoms with Gasteiger partial charge in [-0.3, -0.25) is 4.90 Å². The molecule has 0 amide bonds. The summed E-state index contributed by atoms with van der Waals surface area (Å²) < 4.78 is 0. The highest BCUT2D eigenvalue weighted by molar-refractivity contribution is 5.30. The van der Waals surface area contributed by atoms with Crippen LogP contribution in [0.1, 0.15) is 43.9 Å². The number of piperidine rings is 1. The van der Waals surface area contributed by atoms with Crippen LogP contribution in [0.3, 0.4) is 0 Å². The number of hydrogen-bond acceptors (Lipinski definition) is 3. The van der Waals surface area contributed by atoms with E-state index in [1.165, 1.54) is 11.1 Å². The molecule has 2 rings (SSSR count). The molecule has 106 valence electrons. The Morgan fingerprint density at radius 1 is 1.32 bits per heavy atom. The number of β-amino-alcohol motifs (C(OH)–C–C–N with tert-alkyl or cyclic N) is 1. The highest BCUT2D eigenvalue weighted by Crippen LogP contribution is 2.43. The Morgan fingerprint density at radius 2 is 1.95 bits per heavy atom. The minimum atomic E-state index is -1.06. The van der Waals surface area contributed by atoms with Crippen molar-refractivity contribution in [2.75, 3.05) is 13.6 Å². The Kier molecular flexibility index (Phi) is 3.74. The first kappa shape index (κ1) is 14.5. The van der Waals surface area contributed by atoms with Gasteiger partial charge in [0.25, 0.3) is 0 Å². The van der Waals surface area contributed by atoms with Crippen molar-refractivity contribution in [1.29, 1.82) is 0 Å². The molecule has 1 fully saturated rings. The average Bonchev–Trinajstić information content (AvgIpc) is 2.34. The van der Waals surface area contributed by atoms with Gasteiger partial charge < -0.3 is 10.2 Å². The van der Waals surface area contributed by atoms with Gasteiger partial charge in [0.15, 0.2) is 0 Å². The zero-order valence-corrected chi connectivity index (χ0v) is 12.3. The van der Waals surface area contributed by atoms with Crippen molar-refractivity contribution in [2.24, 2.45) is 0 Å². The predicted molar refractivity (Wildman–Crippen MR) is 77.0 cm³/mol. The Balaban J connectivity index is 2.36. The molecule has 0 bridgehead atoms. The van der Waals surface area contributed by atoms with Crippen LogP contribution in [0.2, 0.25) is 0 Å². The van der Waals surface area contributed by atoms with E-state index in [1.807, 2.05) is 26.1 Å². The number of likely N-dealkylation sites (N-methyl/N-ethyl adjacent to an activating group) is 1. The molecule has 0 spiro atoms. The zero-order valence-electron chi connectivity index (χ0n) is 12.3. The molecule has 3 unspecified atom stereocenters. The van der Waals surface area contributed by atoms with E-state index in [2.05, 4.69) is 24.0 Å². The van der Waals surface area contributed by atoms with Gasteiger partial charge in [0.05, 0.1) is 5.60 Å². The molecular formula is C16H25NO2. The normalized spacial score (nSPS) is 36.4. The molecule has 0 saturated carbocycles. The molecule has 1 aliphatic heterocycles. The van der Waals surface area contributed by atoms with Crippen LogP contribution in [0.5, 0.6) is 0 Å². The first-order valence-electron chi connectivity index (χ1n) is 7.01. The average molecular weight is 263 g/mol. The van der Waals surface area contributed by atoms with Gasteiger partial charge in [-0.05, 0) is 44.9 Å². The predicted octanol–water partition coefficient (Wildman–Crippen LogP) is 2.26. The minimum Gasteiger partial charge on any atom is -0.387 e. The second-order valence-electron chi connectivity index (χ2n) is 6.15. The first-order valence-corrected chi connectivity index (χ1v) is 7.01. The highest BCUT2D eigenvalue weighted by Gasteiger charge is 2.51. The molecule has 1 aromatic rings. The standard InChI is InChI=1S/C16H25NO2/c1-5-16(19)10-14(17(4)11-15(16,3)18)13-9-7-6-8-12(13)2/h6-9,14,18-19H,5,10-11H2,1-4H3. The molecule has 1 saturated heterocycles. The molecule has 3 nitrogen and oxygen atoms in total. The van der Waals surface area contributed by atoms with Gasteiger partial charge in [-0.15, -0.1) is 0 Å². The lowest BCUT2D eigenvalue weighted by atomic mass is 9.72. The van der Waals surface area contributed by atoms with E-state index in [0.29, 0.717) is 19.4 Å². The monoisotopic (exact) mass is 263 g/mol. The van der Waals surface area contributed by atoms with Crippen LogP contribution in [-0.4, -0.2) is 39.9 Å². The smallest absolute Gasteiger partial charge is 0.103 e. The maximum atomic E-state index is 10.8. The number of likely N-dealkylation sites (tertiary alicyclic amines) is 1. The molecule has 19 heavy (non-hydrogen) atoms. The van der Waals surface area contributed by atoms with Crippen LogP contribution < -0.4 is 0 Å². The van der Waals surface area contributed by atoms with E-state index in [4.69, 9.17) is 0 Å². The number of rotatable bonds is 2. The van der Waals surface area contributed by atoms with Crippen molar-refractivity contribution in [3.63, 3.8) is 0 Å². The molecular weight excluding hydrogens is 238 g/mol. The van der Waals surface area contributed by atoms with Crippen molar-refractivity contribution in [3.8, 4) is 0 Å². The second kappa shape index (κ2) is 4.89. The van der Waals surface area contributed by atoms with Gasteiger partial charge in [-0.2, -0.15) is 0 Å². The number of aryl methyl sites for hydroxylation is 1. The van der Waals surface area contributed by atoms with Gasteiger partial charge >= 0.3 is 0 Å². The van der Waals surface area contributed by atoms with Crippen LogP contribution in [-0.2, 0) is 0 Å². The first-order chi connectivity index (χ1) is 8.81. The summed E-state index contributed by atoms with van der Waals surface area (Å²) in [5.74, 6) is 0. The summed E-state index contributed by atoms with van der Waals surface area (Å²) in [6.07, 6.45) is 1.13. The Morgan fingerprint density at radius 3 is 2.53 bits per heavy atom. The Bertz CT molecular complexity index is 458. The van der Waals surface area contributed by atoms with E-state index < -0.39 is 11.2 Å². The second-order valence-corrected chi connectivity index (χ2v) is 6.15. The van der Waals surface area contributed by atoms with E-state index in [0.717, 1.165) is 0 Å². The van der Waals surface area contributed by atoms with Crippen LogP contribution in [0, 0.1) is 6.92 Å². The topological polar surface area (TPSA) is 43.7 Å². The van der Waals surface area contributed by atoms with Crippen molar-refractivity contribution in [2.45, 2.75) is 50.9 Å². The van der Waals surface area contributed by atoms with Gasteiger partial charge in [-0.1, -0.05) is 31.2 Å². The van der Waals surface area contributed by atoms with Crippen molar-refractivity contribution in [3.05, 3.63) is 35.4 Å². The molecule has 3 heteroatoms. The zero-order chi connectivity index (χ0) is 14.3. The highest BCUT2D eigenvalue weighted by atomic mass is 16.4. The Labute approximate surface area is 115 Å². The lowest BCUT2D eigenvalue weighted by Gasteiger charge is -2.51. The largest absolute Gasteiger partial charge is 0.387 e. The van der Waals surface area contributed by atoms with E-state index in [1.54, 1.807) is 6.92 Å². The third-order valence-corrected chi connectivity index (χ3v) is 4.76. The number of nitrogens with zero attached hydrogens (tertiary/aromatic N) is 1. The van der Waals surface area contributed by atoms with Crippen LogP contribution in [0.4, 0.5) is 0 Å². The van der Waals surface area contributed by atoms with Gasteiger partial charge in [0, 0.05) is 12.6 Å². The fourth-order valence-corrected chi connectivity index (χ4v) is 3.27. The summed E-state index contributed by atoms with van der Waals surface area (Å²) in [6.45, 7) is 6.26. The summed E-state index contributed by atoms with van der Waals surface area (Å²) in [7, 11) is 2.01. The fraction of sp³-hybridized carbons (Fsp3) is 0.625. The minimum absolute atomic E-state index is 0.159. The fourth-order valence-electron chi connectivity index (χ4n) is 3.27. The summed E-state index contributed by atoms with van der Waals surface area (Å²) in [5, 5.41) is 21.3. The van der Waals surface area contributed by atoms with Crippen molar-refractivity contribution in [1.82, 2.24) is 4.90 Å². The van der Waals surface area contributed by atoms with Gasteiger partial charge in [0.2, 0.25) is 0 Å². The maximum Gasteiger partial charge on any atom is 0.103 e. The number of aliphatic hydroxyl groups is 2. The molecule has 2 N–H and O–H groups in total. The van der Waals surface area contributed by atoms with E-state index in [-0.39, 0.29) is 6.04 Å². The molecule has 0 aliphatic carbocycles. The molecule has 1 aliphatic rings. The quantitative estimate of drug-likeness (QED) is 0.860. The van der Waals surface area contributed by atoms with Crippen LogP contribution in [0.25, 0.3) is 0 Å². The molecule has 0 aromatic heterocycles. The maximum absolute atomic E-state index is 10.8. The lowest BCUT2D eigenvalue weighted by molar-refractivity contribution is -0.192. The number of benzene rings is 1. The third kappa shape index (κ3) is 2.42. The molecule has 3 atom stereocenters. The van der Waals surface area contributed by atoms with Crippen molar-refractivity contribution < 1.29 is 10.2 Å². The SMILES string of the molecule is CCC1(O)CC(c2ccccc2C)N(C)CC1(C)O. The number of hydrogen-bond donors (Lipinski definition) is 2. The van der Waals surface area contributed by atoms with Gasteiger partial charge in [0.1, 0.15) is 5.60 Å². The van der Waals surface area contributed by atoms with Crippen LogP contribution >= 0.6 is 0 Å². The molecule has 1 aromatic carbocycles.